The lowest BCUT2D eigenvalue weighted by Crippen LogP contribution is -2.33. The minimum atomic E-state index is -0.797. The largest absolute Gasteiger partial charge is 0.481 e. The van der Waals surface area contributed by atoms with Crippen LogP contribution in [-0.4, -0.2) is 54.6 Å². The Balaban J connectivity index is 2.56. The van der Waals surface area contributed by atoms with E-state index in [4.69, 9.17) is 5.11 Å². The molecule has 5 heteroatoms. The van der Waals surface area contributed by atoms with Gasteiger partial charge in [-0.3, -0.25) is 9.69 Å². The maximum absolute atomic E-state index is 12.8. The third kappa shape index (κ3) is 6.88. The number of likely N-dealkylation sites (N-methyl/N-ethyl adjacent to an activating group) is 1. The van der Waals surface area contributed by atoms with Gasteiger partial charge in [0.25, 0.3) is 0 Å². The predicted molar refractivity (Wildman–Crippen MR) is 72.5 cm³/mol. The van der Waals surface area contributed by atoms with E-state index in [2.05, 4.69) is 9.80 Å². The molecule has 0 fully saturated rings. The average molecular weight is 268 g/mol. The summed E-state index contributed by atoms with van der Waals surface area (Å²) in [6.45, 7) is 2.79. The minimum Gasteiger partial charge on any atom is -0.481 e. The van der Waals surface area contributed by atoms with Gasteiger partial charge in [-0.25, -0.2) is 4.39 Å². The predicted octanol–water partition coefficient (Wildman–Crippen LogP) is 1.66. The van der Waals surface area contributed by atoms with Gasteiger partial charge in [-0.05, 0) is 31.8 Å². The maximum Gasteiger partial charge on any atom is 0.304 e. The smallest absolute Gasteiger partial charge is 0.304 e. The van der Waals surface area contributed by atoms with Crippen LogP contribution >= 0.6 is 0 Å². The Labute approximate surface area is 113 Å². The molecule has 0 spiro atoms. The molecule has 4 nitrogen and oxygen atoms in total. The van der Waals surface area contributed by atoms with E-state index >= 15 is 0 Å². The van der Waals surface area contributed by atoms with Crippen molar-refractivity contribution in [2.45, 2.75) is 13.0 Å². The van der Waals surface area contributed by atoms with Gasteiger partial charge in [-0.1, -0.05) is 12.1 Å². The van der Waals surface area contributed by atoms with E-state index in [1.807, 2.05) is 14.1 Å². The molecule has 0 heterocycles. The van der Waals surface area contributed by atoms with Crippen LogP contribution in [0.4, 0.5) is 4.39 Å². The molecule has 0 aliphatic heterocycles. The van der Waals surface area contributed by atoms with E-state index in [1.54, 1.807) is 12.1 Å². The second kappa shape index (κ2) is 7.86. The number of carboxylic acids is 1. The molecule has 0 radical (unpaired) electrons. The van der Waals surface area contributed by atoms with E-state index in [0.29, 0.717) is 13.1 Å². The molecule has 0 atom stereocenters. The van der Waals surface area contributed by atoms with Gasteiger partial charge in [-0.15, -0.1) is 0 Å². The van der Waals surface area contributed by atoms with Gasteiger partial charge in [0.1, 0.15) is 5.82 Å². The number of carbonyl (C=O) groups is 1. The summed E-state index contributed by atoms with van der Waals surface area (Å²) in [6, 6.07) is 6.32. The molecule has 1 aromatic carbocycles. The molecule has 0 aliphatic carbocycles. The highest BCUT2D eigenvalue weighted by atomic mass is 19.1. The SMILES string of the molecule is CN(C)CCN(CCC(=O)O)Cc1ccc(F)cc1. The summed E-state index contributed by atoms with van der Waals surface area (Å²) in [6.07, 6.45) is 0.120. The zero-order valence-corrected chi connectivity index (χ0v) is 11.5. The number of hydrogen-bond acceptors (Lipinski definition) is 3. The summed E-state index contributed by atoms with van der Waals surface area (Å²) in [5.74, 6) is -1.05. The average Bonchev–Trinajstić information content (AvgIpc) is 2.35. The van der Waals surface area contributed by atoms with Crippen LogP contribution in [0.2, 0.25) is 0 Å². The Morgan fingerprint density at radius 2 is 1.79 bits per heavy atom. The Morgan fingerprint density at radius 3 is 2.32 bits per heavy atom. The topological polar surface area (TPSA) is 43.8 Å². The Hall–Kier alpha value is -1.46. The van der Waals surface area contributed by atoms with Gasteiger partial charge in [0.05, 0.1) is 6.42 Å². The van der Waals surface area contributed by atoms with Gasteiger partial charge < -0.3 is 10.0 Å². The highest BCUT2D eigenvalue weighted by Crippen LogP contribution is 2.07. The quantitative estimate of drug-likeness (QED) is 0.779. The summed E-state index contributed by atoms with van der Waals surface area (Å²) >= 11 is 0. The van der Waals surface area contributed by atoms with E-state index in [-0.39, 0.29) is 12.2 Å². The van der Waals surface area contributed by atoms with Crippen molar-refractivity contribution >= 4 is 5.97 Å². The standard InChI is InChI=1S/C14H21FN2O2/c1-16(2)9-10-17(8-7-14(18)19)11-12-3-5-13(15)6-4-12/h3-6H,7-11H2,1-2H3,(H,18,19). The summed E-state index contributed by atoms with van der Waals surface area (Å²) in [4.78, 5) is 14.8. The third-order valence-corrected chi connectivity index (χ3v) is 2.82. The molecule has 19 heavy (non-hydrogen) atoms. The van der Waals surface area contributed by atoms with Gasteiger partial charge in [0.15, 0.2) is 0 Å². The van der Waals surface area contributed by atoms with Crippen molar-refractivity contribution in [1.29, 1.82) is 0 Å². The van der Waals surface area contributed by atoms with E-state index in [0.717, 1.165) is 18.7 Å². The van der Waals surface area contributed by atoms with E-state index in [9.17, 15) is 9.18 Å². The third-order valence-electron chi connectivity index (χ3n) is 2.82. The monoisotopic (exact) mass is 268 g/mol. The van der Waals surface area contributed by atoms with Crippen molar-refractivity contribution in [1.82, 2.24) is 9.80 Å². The van der Waals surface area contributed by atoms with E-state index < -0.39 is 5.97 Å². The normalized spacial score (nSPS) is 11.2. The van der Waals surface area contributed by atoms with Gasteiger partial charge in [-0.2, -0.15) is 0 Å². The zero-order valence-electron chi connectivity index (χ0n) is 11.5. The maximum atomic E-state index is 12.8. The van der Waals surface area contributed by atoms with Crippen LogP contribution < -0.4 is 0 Å². The van der Waals surface area contributed by atoms with Crippen LogP contribution in [0.3, 0.4) is 0 Å². The number of aliphatic carboxylic acids is 1. The highest BCUT2D eigenvalue weighted by Gasteiger charge is 2.09. The second-order valence-corrected chi connectivity index (χ2v) is 4.85. The minimum absolute atomic E-state index is 0.120. The lowest BCUT2D eigenvalue weighted by Gasteiger charge is -2.23. The molecule has 0 amide bonds. The molecule has 1 rings (SSSR count). The van der Waals surface area contributed by atoms with Crippen LogP contribution in [0, 0.1) is 5.82 Å². The number of carboxylic acid groups (broad SMARTS) is 1. The van der Waals surface area contributed by atoms with Crippen molar-refractivity contribution < 1.29 is 14.3 Å². The summed E-state index contributed by atoms with van der Waals surface area (Å²) in [5, 5.41) is 8.76. The molecule has 106 valence electrons. The fourth-order valence-electron chi connectivity index (χ4n) is 1.71. The molecule has 1 N–H and O–H groups in total. The van der Waals surface area contributed by atoms with Crippen molar-refractivity contribution in [2.75, 3.05) is 33.7 Å². The van der Waals surface area contributed by atoms with Gasteiger partial charge >= 0.3 is 5.97 Å². The van der Waals surface area contributed by atoms with Crippen molar-refractivity contribution in [2.24, 2.45) is 0 Å². The van der Waals surface area contributed by atoms with Crippen LogP contribution in [-0.2, 0) is 11.3 Å². The number of nitrogens with zero attached hydrogens (tertiary/aromatic N) is 2. The number of halogens is 1. The fourth-order valence-corrected chi connectivity index (χ4v) is 1.71. The van der Waals surface area contributed by atoms with Crippen molar-refractivity contribution in [3.63, 3.8) is 0 Å². The summed E-state index contributed by atoms with van der Waals surface area (Å²) in [5.41, 5.74) is 0.991. The first kappa shape index (κ1) is 15.6. The van der Waals surface area contributed by atoms with Gasteiger partial charge in [0.2, 0.25) is 0 Å². The van der Waals surface area contributed by atoms with Crippen molar-refractivity contribution in [3.8, 4) is 0 Å². The van der Waals surface area contributed by atoms with Gasteiger partial charge in [0, 0.05) is 26.2 Å². The summed E-state index contributed by atoms with van der Waals surface area (Å²) < 4.78 is 12.8. The number of hydrogen-bond donors (Lipinski definition) is 1. The Bertz CT molecular complexity index is 393. The Morgan fingerprint density at radius 1 is 1.16 bits per heavy atom. The van der Waals surface area contributed by atoms with Crippen molar-refractivity contribution in [3.05, 3.63) is 35.6 Å². The Kier molecular flexibility index (Phi) is 6.45. The lowest BCUT2D eigenvalue weighted by molar-refractivity contribution is -0.137. The molecular formula is C14H21FN2O2. The van der Waals surface area contributed by atoms with Crippen LogP contribution in [0.1, 0.15) is 12.0 Å². The molecule has 1 aromatic rings. The van der Waals surface area contributed by atoms with E-state index in [1.165, 1.54) is 12.1 Å². The molecule has 0 aliphatic rings. The first-order chi connectivity index (χ1) is 8.97. The first-order valence-corrected chi connectivity index (χ1v) is 6.30. The molecular weight excluding hydrogens is 247 g/mol. The molecule has 0 saturated heterocycles. The second-order valence-electron chi connectivity index (χ2n) is 4.85. The highest BCUT2D eigenvalue weighted by molar-refractivity contribution is 5.66. The molecule has 0 bridgehead atoms. The zero-order chi connectivity index (χ0) is 14.3. The van der Waals surface area contributed by atoms with Crippen LogP contribution in [0.25, 0.3) is 0 Å². The lowest BCUT2D eigenvalue weighted by atomic mass is 10.2. The molecule has 0 aromatic heterocycles. The molecule has 0 saturated carbocycles. The van der Waals surface area contributed by atoms with Crippen LogP contribution in [0.15, 0.2) is 24.3 Å². The molecule has 0 unspecified atom stereocenters. The number of rotatable bonds is 8. The first-order valence-electron chi connectivity index (χ1n) is 6.30. The fraction of sp³-hybridized carbons (Fsp3) is 0.500. The summed E-state index contributed by atoms with van der Waals surface area (Å²) in [7, 11) is 3.96. The van der Waals surface area contributed by atoms with Crippen LogP contribution in [0.5, 0.6) is 0 Å². The number of benzene rings is 1.